The van der Waals surface area contributed by atoms with Crippen LogP contribution in [0.15, 0.2) is 48.5 Å². The van der Waals surface area contributed by atoms with Crippen molar-refractivity contribution in [1.82, 2.24) is 4.90 Å². The molecule has 2 nitrogen and oxygen atoms in total. The third kappa shape index (κ3) is 2.66. The number of halogens is 2. The molecule has 1 saturated heterocycles. The van der Waals surface area contributed by atoms with Crippen molar-refractivity contribution in [3.05, 3.63) is 71.3 Å². The third-order valence-corrected chi connectivity index (χ3v) is 3.87. The van der Waals surface area contributed by atoms with Gasteiger partial charge in [0.15, 0.2) is 0 Å². The molecule has 21 heavy (non-hydrogen) atoms. The number of likely N-dealkylation sites (tertiary alicyclic amines) is 1. The molecular formula is C17H15F2NO. The van der Waals surface area contributed by atoms with Gasteiger partial charge in [0.25, 0.3) is 5.91 Å². The van der Waals surface area contributed by atoms with Gasteiger partial charge >= 0.3 is 0 Å². The van der Waals surface area contributed by atoms with E-state index in [0.717, 1.165) is 18.4 Å². The van der Waals surface area contributed by atoms with Gasteiger partial charge in [-0.3, -0.25) is 4.79 Å². The highest BCUT2D eigenvalue weighted by Gasteiger charge is 2.31. The molecule has 1 heterocycles. The van der Waals surface area contributed by atoms with E-state index in [0.29, 0.717) is 6.54 Å². The van der Waals surface area contributed by atoms with E-state index in [9.17, 15) is 13.6 Å². The van der Waals surface area contributed by atoms with E-state index in [2.05, 4.69) is 0 Å². The molecule has 0 radical (unpaired) electrons. The van der Waals surface area contributed by atoms with Gasteiger partial charge < -0.3 is 4.90 Å². The molecule has 1 aliphatic rings. The predicted octanol–water partition coefficient (Wildman–Crippen LogP) is 3.94. The first-order chi connectivity index (χ1) is 10.2. The van der Waals surface area contributed by atoms with Crippen molar-refractivity contribution < 1.29 is 13.6 Å². The molecule has 1 fully saturated rings. The van der Waals surface area contributed by atoms with Crippen molar-refractivity contribution in [2.45, 2.75) is 18.9 Å². The minimum absolute atomic E-state index is 0.0894. The summed E-state index contributed by atoms with van der Waals surface area (Å²) in [7, 11) is 0. The predicted molar refractivity (Wildman–Crippen MR) is 75.8 cm³/mol. The van der Waals surface area contributed by atoms with Crippen molar-refractivity contribution in [3.63, 3.8) is 0 Å². The van der Waals surface area contributed by atoms with Crippen molar-refractivity contribution in [2.75, 3.05) is 6.54 Å². The normalized spacial score (nSPS) is 18.0. The largest absolute Gasteiger partial charge is 0.332 e. The fourth-order valence-corrected chi connectivity index (χ4v) is 2.83. The molecular weight excluding hydrogens is 272 g/mol. The summed E-state index contributed by atoms with van der Waals surface area (Å²) in [6.45, 7) is 0.592. The van der Waals surface area contributed by atoms with Gasteiger partial charge in [0, 0.05) is 6.54 Å². The monoisotopic (exact) mass is 287 g/mol. The fraction of sp³-hybridized carbons (Fsp3) is 0.235. The van der Waals surface area contributed by atoms with E-state index in [-0.39, 0.29) is 23.3 Å². The number of amides is 1. The minimum Gasteiger partial charge on any atom is -0.332 e. The van der Waals surface area contributed by atoms with Crippen LogP contribution in [0.4, 0.5) is 8.78 Å². The summed E-state index contributed by atoms with van der Waals surface area (Å²) in [5.74, 6) is -1.11. The molecule has 0 bridgehead atoms. The Morgan fingerprint density at radius 1 is 1.05 bits per heavy atom. The Hall–Kier alpha value is -2.23. The summed E-state index contributed by atoms with van der Waals surface area (Å²) in [4.78, 5) is 14.2. The lowest BCUT2D eigenvalue weighted by atomic mass is 10.0. The maximum atomic E-state index is 13.8. The Morgan fingerprint density at radius 3 is 2.48 bits per heavy atom. The zero-order valence-electron chi connectivity index (χ0n) is 11.4. The molecule has 0 N–H and O–H groups in total. The molecule has 0 aromatic heterocycles. The number of rotatable bonds is 2. The summed E-state index contributed by atoms with van der Waals surface area (Å²) >= 11 is 0. The van der Waals surface area contributed by atoms with Crippen molar-refractivity contribution >= 4 is 5.91 Å². The minimum atomic E-state index is -0.507. The van der Waals surface area contributed by atoms with Gasteiger partial charge in [-0.2, -0.15) is 0 Å². The molecule has 1 atom stereocenters. The lowest BCUT2D eigenvalue weighted by molar-refractivity contribution is 0.0731. The molecule has 2 aromatic carbocycles. The molecule has 0 aliphatic carbocycles. The maximum absolute atomic E-state index is 13.8. The second-order valence-corrected chi connectivity index (χ2v) is 5.19. The molecule has 4 heteroatoms. The van der Waals surface area contributed by atoms with E-state index >= 15 is 0 Å². The zero-order valence-corrected chi connectivity index (χ0v) is 11.4. The molecule has 1 amide bonds. The summed E-state index contributed by atoms with van der Waals surface area (Å²) in [6.07, 6.45) is 1.67. The fourth-order valence-electron chi connectivity index (χ4n) is 2.83. The number of carbonyl (C=O) groups excluding carboxylic acids is 1. The second kappa shape index (κ2) is 5.64. The van der Waals surface area contributed by atoms with Crippen LogP contribution in [0.3, 0.4) is 0 Å². The van der Waals surface area contributed by atoms with Crippen LogP contribution in [0.2, 0.25) is 0 Å². The highest BCUT2D eigenvalue weighted by Crippen LogP contribution is 2.33. The van der Waals surface area contributed by atoms with Crippen molar-refractivity contribution in [3.8, 4) is 0 Å². The molecule has 0 saturated carbocycles. The lowest BCUT2D eigenvalue weighted by Gasteiger charge is -2.25. The number of carbonyl (C=O) groups is 1. The first-order valence-corrected chi connectivity index (χ1v) is 6.98. The Kier molecular flexibility index (Phi) is 3.69. The van der Waals surface area contributed by atoms with E-state index in [1.54, 1.807) is 29.2 Å². The SMILES string of the molecule is O=C(c1ccccc1F)N1CCC[C@H]1c1ccc(F)cc1. The Morgan fingerprint density at radius 2 is 1.76 bits per heavy atom. The molecule has 108 valence electrons. The molecule has 1 aliphatic heterocycles. The van der Waals surface area contributed by atoms with Crippen molar-refractivity contribution in [2.24, 2.45) is 0 Å². The standard InChI is InChI=1S/C17H15F2NO/c18-13-9-7-12(8-10-13)16-6-3-11-20(16)17(21)14-4-1-2-5-15(14)19/h1-2,4-5,7-10,16H,3,6,11H2/t16-/m0/s1. The van der Waals surface area contributed by atoms with Gasteiger partial charge in [0.1, 0.15) is 11.6 Å². The van der Waals surface area contributed by atoms with Crippen LogP contribution in [-0.4, -0.2) is 17.4 Å². The second-order valence-electron chi connectivity index (χ2n) is 5.19. The average Bonchev–Trinajstić information content (AvgIpc) is 2.97. The Labute approximate surface area is 122 Å². The molecule has 2 aromatic rings. The van der Waals surface area contributed by atoms with Crippen LogP contribution < -0.4 is 0 Å². The zero-order chi connectivity index (χ0) is 14.8. The molecule has 0 unspecified atom stereocenters. The smallest absolute Gasteiger partial charge is 0.257 e. The average molecular weight is 287 g/mol. The van der Waals surface area contributed by atoms with Crippen molar-refractivity contribution in [1.29, 1.82) is 0 Å². The first-order valence-electron chi connectivity index (χ1n) is 6.98. The van der Waals surface area contributed by atoms with Gasteiger partial charge in [-0.05, 0) is 42.7 Å². The summed E-state index contributed by atoms with van der Waals surface area (Å²) in [6, 6.07) is 12.0. The number of benzene rings is 2. The Balaban J connectivity index is 1.89. The van der Waals surface area contributed by atoms with Crippen LogP contribution in [0.5, 0.6) is 0 Å². The molecule has 3 rings (SSSR count). The summed E-state index contributed by atoms with van der Waals surface area (Å²) in [5, 5.41) is 0. The van der Waals surface area contributed by atoms with Gasteiger partial charge in [-0.25, -0.2) is 8.78 Å². The highest BCUT2D eigenvalue weighted by atomic mass is 19.1. The van der Waals surface area contributed by atoms with E-state index in [1.807, 2.05) is 0 Å². The van der Waals surface area contributed by atoms with Crippen LogP contribution in [0, 0.1) is 11.6 Å². The quantitative estimate of drug-likeness (QED) is 0.819. The van der Waals surface area contributed by atoms with Crippen LogP contribution in [0.1, 0.15) is 34.8 Å². The lowest BCUT2D eigenvalue weighted by Crippen LogP contribution is -2.31. The van der Waals surface area contributed by atoms with Crippen LogP contribution >= 0.6 is 0 Å². The van der Waals surface area contributed by atoms with E-state index in [4.69, 9.17) is 0 Å². The van der Waals surface area contributed by atoms with Gasteiger partial charge in [-0.15, -0.1) is 0 Å². The molecule has 0 spiro atoms. The van der Waals surface area contributed by atoms with Crippen LogP contribution in [-0.2, 0) is 0 Å². The van der Waals surface area contributed by atoms with Gasteiger partial charge in [0.05, 0.1) is 11.6 Å². The van der Waals surface area contributed by atoms with E-state index < -0.39 is 5.82 Å². The highest BCUT2D eigenvalue weighted by molar-refractivity contribution is 5.95. The Bertz CT molecular complexity index is 654. The maximum Gasteiger partial charge on any atom is 0.257 e. The van der Waals surface area contributed by atoms with Gasteiger partial charge in [0.2, 0.25) is 0 Å². The number of hydrogen-bond acceptors (Lipinski definition) is 1. The van der Waals surface area contributed by atoms with E-state index in [1.165, 1.54) is 24.3 Å². The number of nitrogens with zero attached hydrogens (tertiary/aromatic N) is 1. The number of hydrogen-bond donors (Lipinski definition) is 0. The van der Waals surface area contributed by atoms with Crippen LogP contribution in [0.25, 0.3) is 0 Å². The first kappa shape index (κ1) is 13.7. The van der Waals surface area contributed by atoms with Gasteiger partial charge in [-0.1, -0.05) is 24.3 Å². The third-order valence-electron chi connectivity index (χ3n) is 3.87. The summed E-state index contributed by atoms with van der Waals surface area (Å²) < 4.78 is 26.8. The summed E-state index contributed by atoms with van der Waals surface area (Å²) in [5.41, 5.74) is 0.977. The topological polar surface area (TPSA) is 20.3 Å².